The number of anilines is 1. The van der Waals surface area contributed by atoms with Crippen LogP contribution in [0.25, 0.3) is 0 Å². The second-order valence-corrected chi connectivity index (χ2v) is 11.2. The molecule has 180 valence electrons. The third-order valence-electron chi connectivity index (χ3n) is 6.26. The number of ether oxygens (including phenoxy) is 1. The first-order valence-corrected chi connectivity index (χ1v) is 13.1. The fourth-order valence-corrected chi connectivity index (χ4v) is 6.19. The molecule has 32 heavy (non-hydrogen) atoms. The molecule has 1 aromatic carbocycles. The van der Waals surface area contributed by atoms with Gasteiger partial charge in [-0.1, -0.05) is 26.8 Å². The van der Waals surface area contributed by atoms with E-state index in [0.29, 0.717) is 31.9 Å². The first-order valence-electron chi connectivity index (χ1n) is 11.6. The van der Waals surface area contributed by atoms with Crippen LogP contribution in [0.4, 0.5) is 5.69 Å². The van der Waals surface area contributed by atoms with Gasteiger partial charge in [-0.25, -0.2) is 8.42 Å². The summed E-state index contributed by atoms with van der Waals surface area (Å²) in [5, 5.41) is 2.97. The number of carbonyl (C=O) groups excluding carboxylic acids is 1. The van der Waals surface area contributed by atoms with E-state index in [1.165, 1.54) is 4.31 Å². The number of benzene rings is 1. The van der Waals surface area contributed by atoms with Crippen molar-refractivity contribution in [2.24, 2.45) is 5.92 Å². The smallest absolute Gasteiger partial charge is 0.243 e. The summed E-state index contributed by atoms with van der Waals surface area (Å²) in [6, 6.07) is 6.29. The molecule has 1 aromatic rings. The summed E-state index contributed by atoms with van der Waals surface area (Å²) < 4.78 is 33.7. The number of piperazine rings is 1. The highest BCUT2D eigenvalue weighted by atomic mass is 32.2. The number of nitrogens with one attached hydrogen (secondary N) is 1. The summed E-state index contributed by atoms with van der Waals surface area (Å²) in [5.74, 6) is -0.0123. The molecule has 0 radical (unpaired) electrons. The number of sulfonamides is 1. The van der Waals surface area contributed by atoms with Gasteiger partial charge in [-0.2, -0.15) is 4.31 Å². The van der Waals surface area contributed by atoms with Crippen molar-refractivity contribution in [3.8, 4) is 0 Å². The molecule has 3 rings (SSSR count). The van der Waals surface area contributed by atoms with Gasteiger partial charge >= 0.3 is 0 Å². The van der Waals surface area contributed by atoms with Crippen molar-refractivity contribution in [2.45, 2.75) is 57.8 Å². The maximum Gasteiger partial charge on any atom is 0.243 e. The SMILES string of the molecule is CCN1CCN(S(=O)(=O)c2cccc(NC(=O)C(C(C)C)N3CC(C)OC(C)C3)c2)CC1. The number of carbonyl (C=O) groups is 1. The second kappa shape index (κ2) is 10.6. The van der Waals surface area contributed by atoms with Crippen molar-refractivity contribution in [1.29, 1.82) is 0 Å². The molecule has 2 aliphatic heterocycles. The molecule has 3 unspecified atom stereocenters. The zero-order valence-corrected chi connectivity index (χ0v) is 20.8. The van der Waals surface area contributed by atoms with Gasteiger partial charge in [0.15, 0.2) is 0 Å². The average Bonchev–Trinajstić information content (AvgIpc) is 2.73. The third kappa shape index (κ3) is 5.88. The molecule has 2 heterocycles. The van der Waals surface area contributed by atoms with Crippen molar-refractivity contribution in [3.63, 3.8) is 0 Å². The Kier molecular flexibility index (Phi) is 8.32. The molecule has 3 atom stereocenters. The lowest BCUT2D eigenvalue weighted by Gasteiger charge is -2.41. The van der Waals surface area contributed by atoms with Gasteiger partial charge in [-0.15, -0.1) is 0 Å². The lowest BCUT2D eigenvalue weighted by atomic mass is 9.99. The Hall–Kier alpha value is -1.52. The Morgan fingerprint density at radius 1 is 1.12 bits per heavy atom. The maximum absolute atomic E-state index is 13.2. The van der Waals surface area contributed by atoms with Crippen LogP contribution in [0.15, 0.2) is 29.2 Å². The first-order chi connectivity index (χ1) is 15.1. The molecular weight excluding hydrogens is 428 g/mol. The summed E-state index contributed by atoms with van der Waals surface area (Å²) >= 11 is 0. The van der Waals surface area contributed by atoms with Crippen LogP contribution in [-0.2, 0) is 19.6 Å². The van der Waals surface area contributed by atoms with Crippen LogP contribution in [0.2, 0.25) is 0 Å². The molecule has 8 nitrogen and oxygen atoms in total. The summed E-state index contributed by atoms with van der Waals surface area (Å²) in [6.45, 7) is 14.9. The van der Waals surface area contributed by atoms with Crippen LogP contribution in [0.5, 0.6) is 0 Å². The van der Waals surface area contributed by atoms with E-state index in [0.717, 1.165) is 19.6 Å². The molecule has 2 aliphatic rings. The summed E-state index contributed by atoms with van der Waals surface area (Å²) in [7, 11) is -3.60. The molecule has 1 N–H and O–H groups in total. The lowest BCUT2D eigenvalue weighted by Crippen LogP contribution is -2.55. The summed E-state index contributed by atoms with van der Waals surface area (Å²) in [6.07, 6.45) is 0.129. The van der Waals surface area contributed by atoms with E-state index in [9.17, 15) is 13.2 Å². The fraction of sp³-hybridized carbons (Fsp3) is 0.696. The molecular formula is C23H38N4O4S. The van der Waals surface area contributed by atoms with Crippen LogP contribution >= 0.6 is 0 Å². The zero-order chi connectivity index (χ0) is 23.5. The van der Waals surface area contributed by atoms with Gasteiger partial charge in [0, 0.05) is 45.0 Å². The first kappa shape index (κ1) is 25.1. The molecule has 0 spiro atoms. The minimum atomic E-state index is -3.60. The molecule has 0 bridgehead atoms. The third-order valence-corrected chi connectivity index (χ3v) is 8.15. The topological polar surface area (TPSA) is 82.2 Å². The lowest BCUT2D eigenvalue weighted by molar-refractivity contribution is -0.130. The van der Waals surface area contributed by atoms with Crippen molar-refractivity contribution in [2.75, 3.05) is 51.1 Å². The number of hydrogen-bond donors (Lipinski definition) is 1. The fourth-order valence-electron chi connectivity index (χ4n) is 4.72. The van der Waals surface area contributed by atoms with Crippen molar-refractivity contribution in [3.05, 3.63) is 24.3 Å². The average molecular weight is 467 g/mol. The van der Waals surface area contributed by atoms with Gasteiger partial charge < -0.3 is 15.0 Å². The van der Waals surface area contributed by atoms with Crippen LogP contribution in [-0.4, -0.2) is 92.5 Å². The van der Waals surface area contributed by atoms with Crippen molar-refractivity contribution in [1.82, 2.24) is 14.1 Å². The standard InChI is InChI=1S/C23H38N4O4S/c1-6-25-10-12-27(13-11-25)32(29,30)21-9-7-8-20(14-21)24-23(28)22(17(2)3)26-15-18(4)31-19(5)16-26/h7-9,14,17-19,22H,6,10-13,15-16H2,1-5H3,(H,24,28). The number of likely N-dealkylation sites (N-methyl/N-ethyl adjacent to an activating group) is 1. The van der Waals surface area contributed by atoms with Gasteiger partial charge in [0.05, 0.1) is 23.1 Å². The second-order valence-electron chi connectivity index (χ2n) is 9.26. The van der Waals surface area contributed by atoms with Gasteiger partial charge in [0.2, 0.25) is 15.9 Å². The number of nitrogens with zero attached hydrogens (tertiary/aromatic N) is 3. The molecule has 2 fully saturated rings. The summed E-state index contributed by atoms with van der Waals surface area (Å²) in [5.41, 5.74) is 0.503. The predicted octanol–water partition coefficient (Wildman–Crippen LogP) is 2.09. The molecule has 0 aliphatic carbocycles. The number of morpholine rings is 1. The minimum absolute atomic E-state index is 0.0643. The largest absolute Gasteiger partial charge is 0.373 e. The molecule has 1 amide bonds. The highest BCUT2D eigenvalue weighted by Crippen LogP contribution is 2.23. The molecule has 9 heteroatoms. The van der Waals surface area contributed by atoms with Gasteiger partial charge in [-0.3, -0.25) is 9.69 Å². The highest BCUT2D eigenvalue weighted by Gasteiger charge is 2.34. The van der Waals surface area contributed by atoms with Crippen LogP contribution in [0.1, 0.15) is 34.6 Å². The monoisotopic (exact) mass is 466 g/mol. The Morgan fingerprint density at radius 3 is 2.31 bits per heavy atom. The van der Waals surface area contributed by atoms with Crippen LogP contribution in [0.3, 0.4) is 0 Å². The normalized spacial score (nSPS) is 25.1. The van der Waals surface area contributed by atoms with E-state index >= 15 is 0 Å². The van der Waals surface area contributed by atoms with Gasteiger partial charge in [0.25, 0.3) is 0 Å². The van der Waals surface area contributed by atoms with E-state index in [-0.39, 0.29) is 35.0 Å². The van der Waals surface area contributed by atoms with E-state index in [4.69, 9.17) is 4.74 Å². The number of hydrogen-bond acceptors (Lipinski definition) is 6. The Labute approximate surface area is 192 Å². The predicted molar refractivity (Wildman–Crippen MR) is 126 cm³/mol. The molecule has 0 aromatic heterocycles. The van der Waals surface area contributed by atoms with E-state index < -0.39 is 10.0 Å². The van der Waals surface area contributed by atoms with E-state index in [1.807, 2.05) is 27.7 Å². The number of amides is 1. The van der Waals surface area contributed by atoms with E-state index in [1.54, 1.807) is 24.3 Å². The Morgan fingerprint density at radius 2 is 1.75 bits per heavy atom. The minimum Gasteiger partial charge on any atom is -0.373 e. The van der Waals surface area contributed by atoms with Crippen LogP contribution in [0, 0.1) is 5.92 Å². The van der Waals surface area contributed by atoms with Gasteiger partial charge in [0.1, 0.15) is 0 Å². The van der Waals surface area contributed by atoms with E-state index in [2.05, 4.69) is 22.0 Å². The van der Waals surface area contributed by atoms with Crippen LogP contribution < -0.4 is 5.32 Å². The van der Waals surface area contributed by atoms with Gasteiger partial charge in [-0.05, 0) is 44.5 Å². The highest BCUT2D eigenvalue weighted by molar-refractivity contribution is 7.89. The maximum atomic E-state index is 13.2. The Balaban J connectivity index is 1.73. The molecule has 2 saturated heterocycles. The Bertz CT molecular complexity index is 874. The van der Waals surface area contributed by atoms with Crippen molar-refractivity contribution < 1.29 is 17.9 Å². The molecule has 0 saturated carbocycles. The zero-order valence-electron chi connectivity index (χ0n) is 20.0. The number of rotatable bonds is 7. The quantitative estimate of drug-likeness (QED) is 0.663. The van der Waals surface area contributed by atoms with Crippen molar-refractivity contribution >= 4 is 21.6 Å². The summed E-state index contributed by atoms with van der Waals surface area (Å²) in [4.78, 5) is 17.9.